The molecule has 1 heterocycles. The van der Waals surface area contributed by atoms with Gasteiger partial charge in [-0.25, -0.2) is 0 Å². The molecule has 1 atom stereocenters. The van der Waals surface area contributed by atoms with Crippen LogP contribution in [0.3, 0.4) is 0 Å². The Morgan fingerprint density at radius 1 is 1.50 bits per heavy atom. The smallest absolute Gasteiger partial charge is 0.102 e. The van der Waals surface area contributed by atoms with Gasteiger partial charge in [0.2, 0.25) is 0 Å². The molecule has 0 aromatic carbocycles. The number of rotatable bonds is 6. The summed E-state index contributed by atoms with van der Waals surface area (Å²) in [5.41, 5.74) is -0.658. The van der Waals surface area contributed by atoms with Gasteiger partial charge in [-0.05, 0) is 19.4 Å². The first kappa shape index (κ1) is 11.4. The van der Waals surface area contributed by atoms with Crippen LogP contribution in [0.15, 0.2) is 0 Å². The predicted molar refractivity (Wildman–Crippen MR) is 52.7 cm³/mol. The quantitative estimate of drug-likeness (QED) is 0.607. The van der Waals surface area contributed by atoms with Crippen LogP contribution in [0.1, 0.15) is 25.7 Å². The molecule has 0 spiro atoms. The maximum absolute atomic E-state index is 9.85. The van der Waals surface area contributed by atoms with Crippen molar-refractivity contribution < 1.29 is 9.84 Å². The van der Waals surface area contributed by atoms with Gasteiger partial charge in [0, 0.05) is 26.0 Å². The van der Waals surface area contributed by atoms with Gasteiger partial charge in [0.15, 0.2) is 0 Å². The first-order valence-electron chi connectivity index (χ1n) is 5.15. The standard InChI is InChI=1S/C10H18N2O2/c11-5-2-1-3-6-12-8-10(13)4-7-14-9-10/h12-13H,1-4,6-9H2. The van der Waals surface area contributed by atoms with Crippen molar-refractivity contribution in [2.45, 2.75) is 31.3 Å². The van der Waals surface area contributed by atoms with E-state index in [4.69, 9.17) is 10.00 Å². The number of aliphatic hydroxyl groups is 1. The van der Waals surface area contributed by atoms with E-state index < -0.39 is 5.60 Å². The van der Waals surface area contributed by atoms with Gasteiger partial charge in [-0.1, -0.05) is 0 Å². The minimum absolute atomic E-state index is 0.443. The first-order chi connectivity index (χ1) is 6.77. The Morgan fingerprint density at radius 3 is 3.00 bits per heavy atom. The molecule has 80 valence electrons. The van der Waals surface area contributed by atoms with Crippen LogP contribution in [0.4, 0.5) is 0 Å². The van der Waals surface area contributed by atoms with Gasteiger partial charge in [0.1, 0.15) is 5.60 Å². The lowest BCUT2D eigenvalue weighted by atomic mass is 10.0. The molecule has 14 heavy (non-hydrogen) atoms. The van der Waals surface area contributed by atoms with Gasteiger partial charge >= 0.3 is 0 Å². The Hall–Kier alpha value is -0.630. The molecule has 1 unspecified atom stereocenters. The molecule has 1 aliphatic heterocycles. The lowest BCUT2D eigenvalue weighted by molar-refractivity contribution is 0.0272. The summed E-state index contributed by atoms with van der Waals surface area (Å²) < 4.78 is 5.12. The molecule has 4 heteroatoms. The van der Waals surface area contributed by atoms with Crippen molar-refractivity contribution in [3.8, 4) is 6.07 Å². The van der Waals surface area contributed by atoms with E-state index in [9.17, 15) is 5.11 Å². The Morgan fingerprint density at radius 2 is 2.36 bits per heavy atom. The van der Waals surface area contributed by atoms with Gasteiger partial charge < -0.3 is 15.2 Å². The van der Waals surface area contributed by atoms with E-state index >= 15 is 0 Å². The highest BCUT2D eigenvalue weighted by molar-refractivity contribution is 4.84. The molecule has 0 aromatic heterocycles. The summed E-state index contributed by atoms with van der Waals surface area (Å²) in [6.07, 6.45) is 3.26. The molecule has 2 N–H and O–H groups in total. The summed E-state index contributed by atoms with van der Waals surface area (Å²) in [7, 11) is 0. The number of ether oxygens (including phenoxy) is 1. The summed E-state index contributed by atoms with van der Waals surface area (Å²) in [5, 5.41) is 21.4. The third-order valence-electron chi connectivity index (χ3n) is 2.43. The molecule has 1 rings (SSSR count). The molecular weight excluding hydrogens is 180 g/mol. The summed E-state index contributed by atoms with van der Waals surface area (Å²) in [4.78, 5) is 0. The van der Waals surface area contributed by atoms with Gasteiger partial charge in [-0.15, -0.1) is 0 Å². The zero-order valence-corrected chi connectivity index (χ0v) is 8.46. The van der Waals surface area contributed by atoms with Gasteiger partial charge in [-0.3, -0.25) is 0 Å². The van der Waals surface area contributed by atoms with E-state index in [1.807, 2.05) is 0 Å². The average molecular weight is 198 g/mol. The van der Waals surface area contributed by atoms with Crippen LogP contribution in [0.5, 0.6) is 0 Å². The van der Waals surface area contributed by atoms with E-state index in [0.29, 0.717) is 26.2 Å². The van der Waals surface area contributed by atoms with Crippen molar-refractivity contribution in [3.05, 3.63) is 0 Å². The first-order valence-corrected chi connectivity index (χ1v) is 5.15. The molecule has 1 fully saturated rings. The SMILES string of the molecule is N#CCCCCNCC1(O)CCOC1. The van der Waals surface area contributed by atoms with E-state index in [0.717, 1.165) is 25.8 Å². The Balaban J connectivity index is 1.96. The second kappa shape index (κ2) is 5.97. The lowest BCUT2D eigenvalue weighted by Gasteiger charge is -2.20. The number of unbranched alkanes of at least 4 members (excludes halogenated alkanes) is 2. The van der Waals surface area contributed by atoms with Crippen LogP contribution in [-0.4, -0.2) is 37.0 Å². The number of hydrogen-bond acceptors (Lipinski definition) is 4. The van der Waals surface area contributed by atoms with Crippen LogP contribution < -0.4 is 5.32 Å². The molecule has 1 saturated heterocycles. The number of nitrogens with zero attached hydrogens (tertiary/aromatic N) is 1. The van der Waals surface area contributed by atoms with Crippen LogP contribution in [-0.2, 0) is 4.74 Å². The minimum atomic E-state index is -0.658. The molecule has 0 amide bonds. The van der Waals surface area contributed by atoms with E-state index in [2.05, 4.69) is 11.4 Å². The second-order valence-corrected chi connectivity index (χ2v) is 3.82. The predicted octanol–water partition coefficient (Wildman–Crippen LogP) is 0.421. The van der Waals surface area contributed by atoms with Gasteiger partial charge in [-0.2, -0.15) is 5.26 Å². The van der Waals surface area contributed by atoms with Crippen LogP contribution >= 0.6 is 0 Å². The normalized spacial score (nSPS) is 26.3. The highest BCUT2D eigenvalue weighted by Crippen LogP contribution is 2.16. The molecule has 0 radical (unpaired) electrons. The zero-order chi connectivity index (χ0) is 10.3. The van der Waals surface area contributed by atoms with Crippen LogP contribution in [0.25, 0.3) is 0 Å². The van der Waals surface area contributed by atoms with Gasteiger partial charge in [0.25, 0.3) is 0 Å². The van der Waals surface area contributed by atoms with Crippen molar-refractivity contribution in [2.75, 3.05) is 26.3 Å². The molecule has 4 nitrogen and oxygen atoms in total. The second-order valence-electron chi connectivity index (χ2n) is 3.82. The Labute approximate surface area is 84.9 Å². The zero-order valence-electron chi connectivity index (χ0n) is 8.46. The molecule has 0 aromatic rings. The van der Waals surface area contributed by atoms with E-state index in [-0.39, 0.29) is 0 Å². The summed E-state index contributed by atoms with van der Waals surface area (Å²) in [6.45, 7) is 2.56. The molecule has 0 aliphatic carbocycles. The number of hydrogen-bond donors (Lipinski definition) is 2. The Bertz CT molecular complexity index is 195. The largest absolute Gasteiger partial charge is 0.386 e. The van der Waals surface area contributed by atoms with Crippen molar-refractivity contribution in [1.82, 2.24) is 5.32 Å². The summed E-state index contributed by atoms with van der Waals surface area (Å²) >= 11 is 0. The fourth-order valence-corrected chi connectivity index (χ4v) is 1.51. The molecule has 0 saturated carbocycles. The van der Waals surface area contributed by atoms with E-state index in [1.54, 1.807) is 0 Å². The van der Waals surface area contributed by atoms with Crippen molar-refractivity contribution in [2.24, 2.45) is 0 Å². The van der Waals surface area contributed by atoms with Crippen molar-refractivity contribution >= 4 is 0 Å². The number of nitriles is 1. The maximum Gasteiger partial charge on any atom is 0.102 e. The highest BCUT2D eigenvalue weighted by Gasteiger charge is 2.31. The topological polar surface area (TPSA) is 65.3 Å². The lowest BCUT2D eigenvalue weighted by Crippen LogP contribution is -2.41. The third-order valence-corrected chi connectivity index (χ3v) is 2.43. The highest BCUT2D eigenvalue weighted by atomic mass is 16.5. The molecular formula is C10H18N2O2. The van der Waals surface area contributed by atoms with Crippen LogP contribution in [0, 0.1) is 11.3 Å². The average Bonchev–Trinajstić information content (AvgIpc) is 2.59. The fraction of sp³-hybridized carbons (Fsp3) is 0.900. The monoisotopic (exact) mass is 198 g/mol. The minimum Gasteiger partial charge on any atom is -0.386 e. The van der Waals surface area contributed by atoms with Gasteiger partial charge in [0.05, 0.1) is 12.7 Å². The summed E-state index contributed by atoms with van der Waals surface area (Å²) in [5.74, 6) is 0. The molecule has 1 aliphatic rings. The summed E-state index contributed by atoms with van der Waals surface area (Å²) in [6, 6.07) is 2.11. The third kappa shape index (κ3) is 4.05. The van der Waals surface area contributed by atoms with Crippen molar-refractivity contribution in [1.29, 1.82) is 5.26 Å². The van der Waals surface area contributed by atoms with Crippen LogP contribution in [0.2, 0.25) is 0 Å². The van der Waals surface area contributed by atoms with E-state index in [1.165, 1.54) is 0 Å². The van der Waals surface area contributed by atoms with Crippen molar-refractivity contribution in [3.63, 3.8) is 0 Å². The fourth-order valence-electron chi connectivity index (χ4n) is 1.51. The molecule has 0 bridgehead atoms. The Kier molecular flexibility index (Phi) is 4.88. The maximum atomic E-state index is 9.85. The number of nitrogens with one attached hydrogen (secondary N) is 1.